The van der Waals surface area contributed by atoms with Crippen LogP contribution in [0.2, 0.25) is 5.02 Å². The first-order valence-electron chi connectivity index (χ1n) is 6.43. The molecule has 0 fully saturated rings. The van der Waals surface area contributed by atoms with Gasteiger partial charge in [-0.2, -0.15) is 0 Å². The molecule has 0 aliphatic carbocycles. The highest BCUT2D eigenvalue weighted by Crippen LogP contribution is 2.34. The summed E-state index contributed by atoms with van der Waals surface area (Å²) in [4.78, 5) is 22.8. The summed E-state index contributed by atoms with van der Waals surface area (Å²) in [6.07, 6.45) is 0.927. The van der Waals surface area contributed by atoms with Crippen LogP contribution in [0.3, 0.4) is 0 Å². The molecule has 22 heavy (non-hydrogen) atoms. The highest BCUT2D eigenvalue weighted by molar-refractivity contribution is 6.32. The number of benzene rings is 1. The summed E-state index contributed by atoms with van der Waals surface area (Å²) in [6.45, 7) is 1.79. The Balaban J connectivity index is 3.34. The molecule has 6 nitrogen and oxygen atoms in total. The van der Waals surface area contributed by atoms with Crippen molar-refractivity contribution in [2.45, 2.75) is 13.3 Å². The van der Waals surface area contributed by atoms with Crippen molar-refractivity contribution in [1.82, 2.24) is 0 Å². The molecule has 0 spiro atoms. The number of ether oxygens (including phenoxy) is 3. The summed E-state index contributed by atoms with van der Waals surface area (Å²) in [5.41, 5.74) is 0.463. The van der Waals surface area contributed by atoms with Crippen LogP contribution >= 0.6 is 11.6 Å². The van der Waals surface area contributed by atoms with E-state index in [-0.39, 0.29) is 12.2 Å². The van der Waals surface area contributed by atoms with Gasteiger partial charge in [-0.1, -0.05) is 11.6 Å². The van der Waals surface area contributed by atoms with Gasteiger partial charge in [0, 0.05) is 17.2 Å². The molecule has 0 radical (unpaired) electrons. The third-order valence-corrected chi connectivity index (χ3v) is 3.01. The van der Waals surface area contributed by atoms with E-state index in [0.717, 1.165) is 0 Å². The van der Waals surface area contributed by atoms with Gasteiger partial charge in [0.2, 0.25) is 0 Å². The third kappa shape index (κ3) is 4.66. The molecule has 120 valence electrons. The van der Waals surface area contributed by atoms with E-state index in [4.69, 9.17) is 30.9 Å². The largest absolute Gasteiger partial charge is 0.496 e. The Morgan fingerprint density at radius 1 is 1.23 bits per heavy atom. The van der Waals surface area contributed by atoms with Gasteiger partial charge in [-0.25, -0.2) is 4.79 Å². The molecule has 0 saturated carbocycles. The van der Waals surface area contributed by atoms with Gasteiger partial charge in [0.1, 0.15) is 11.5 Å². The number of aliphatic carboxylic acids is 1. The second kappa shape index (κ2) is 8.29. The first kappa shape index (κ1) is 17.8. The maximum absolute atomic E-state index is 11.9. The van der Waals surface area contributed by atoms with Crippen molar-refractivity contribution in [3.63, 3.8) is 0 Å². The number of halogens is 1. The van der Waals surface area contributed by atoms with E-state index in [1.807, 2.05) is 0 Å². The van der Waals surface area contributed by atoms with E-state index in [1.54, 1.807) is 13.0 Å². The normalized spacial score (nSPS) is 11.0. The van der Waals surface area contributed by atoms with Gasteiger partial charge in [-0.3, -0.25) is 4.79 Å². The zero-order valence-corrected chi connectivity index (χ0v) is 13.3. The van der Waals surface area contributed by atoms with Gasteiger partial charge in [0.15, 0.2) is 0 Å². The first-order valence-corrected chi connectivity index (χ1v) is 6.81. The van der Waals surface area contributed by atoms with Crippen LogP contribution in [0.4, 0.5) is 0 Å². The molecule has 0 unspecified atom stereocenters. The van der Waals surface area contributed by atoms with Crippen LogP contribution < -0.4 is 9.47 Å². The van der Waals surface area contributed by atoms with Crippen LogP contribution in [-0.4, -0.2) is 37.9 Å². The average Bonchev–Trinajstić information content (AvgIpc) is 2.47. The number of hydrogen-bond acceptors (Lipinski definition) is 5. The molecule has 1 N–H and O–H groups in total. The number of carboxylic acids is 1. The molecule has 1 aromatic carbocycles. The predicted molar refractivity (Wildman–Crippen MR) is 81.4 cm³/mol. The summed E-state index contributed by atoms with van der Waals surface area (Å²) in [7, 11) is 2.89. The molecule has 0 heterocycles. The van der Waals surface area contributed by atoms with Gasteiger partial charge in [-0.05, 0) is 19.1 Å². The highest BCUT2D eigenvalue weighted by atomic mass is 35.5. The van der Waals surface area contributed by atoms with Crippen LogP contribution in [0, 0.1) is 0 Å². The average molecular weight is 329 g/mol. The van der Waals surface area contributed by atoms with E-state index < -0.39 is 18.4 Å². The maximum Gasteiger partial charge on any atom is 0.334 e. The molecule has 1 rings (SSSR count). The lowest BCUT2D eigenvalue weighted by atomic mass is 10.1. The lowest BCUT2D eigenvalue weighted by Crippen LogP contribution is -2.11. The third-order valence-electron chi connectivity index (χ3n) is 2.71. The summed E-state index contributed by atoms with van der Waals surface area (Å²) >= 11 is 6.00. The Morgan fingerprint density at radius 3 is 2.36 bits per heavy atom. The number of methoxy groups -OCH3 is 2. The van der Waals surface area contributed by atoms with E-state index in [9.17, 15) is 9.59 Å². The number of rotatable bonds is 7. The molecular formula is C15H17ClO6. The minimum absolute atomic E-state index is 0.00275. The highest BCUT2D eigenvalue weighted by Gasteiger charge is 2.17. The van der Waals surface area contributed by atoms with E-state index in [2.05, 4.69) is 0 Å². The maximum atomic E-state index is 11.9. The molecule has 0 aliphatic heterocycles. The fourth-order valence-electron chi connectivity index (χ4n) is 1.75. The Morgan fingerprint density at radius 2 is 1.86 bits per heavy atom. The number of esters is 1. The minimum atomic E-state index is -1.14. The van der Waals surface area contributed by atoms with Gasteiger partial charge in [0.25, 0.3) is 0 Å². The molecule has 0 aromatic heterocycles. The van der Waals surface area contributed by atoms with Crippen molar-refractivity contribution in [1.29, 1.82) is 0 Å². The lowest BCUT2D eigenvalue weighted by Gasteiger charge is -2.11. The quantitative estimate of drug-likeness (QED) is 0.612. The molecule has 0 aliphatic rings. The summed E-state index contributed by atoms with van der Waals surface area (Å²) in [6, 6.07) is 3.08. The topological polar surface area (TPSA) is 82.1 Å². The summed E-state index contributed by atoms with van der Waals surface area (Å²) < 4.78 is 15.2. The Labute approximate surface area is 133 Å². The van der Waals surface area contributed by atoms with Crippen LogP contribution in [0.1, 0.15) is 18.9 Å². The number of hydrogen-bond donors (Lipinski definition) is 1. The molecule has 0 saturated heterocycles. The zero-order valence-electron chi connectivity index (χ0n) is 12.5. The second-order valence-electron chi connectivity index (χ2n) is 4.19. The Bertz CT molecular complexity index is 594. The van der Waals surface area contributed by atoms with Gasteiger partial charge in [0.05, 0.1) is 32.3 Å². The van der Waals surface area contributed by atoms with Gasteiger partial charge < -0.3 is 19.3 Å². The van der Waals surface area contributed by atoms with Crippen LogP contribution in [0.25, 0.3) is 6.08 Å². The second-order valence-corrected chi connectivity index (χ2v) is 4.60. The zero-order chi connectivity index (χ0) is 16.7. The SMILES string of the molecule is CCOC(=O)/C(=C/c1cc(OC)c(Cl)cc1OC)CC(=O)O. The molecular weight excluding hydrogens is 312 g/mol. The van der Waals surface area contributed by atoms with E-state index in [0.29, 0.717) is 22.1 Å². The Kier molecular flexibility index (Phi) is 6.72. The van der Waals surface area contributed by atoms with Crippen molar-refractivity contribution in [3.05, 3.63) is 28.3 Å². The van der Waals surface area contributed by atoms with E-state index in [1.165, 1.54) is 26.4 Å². The van der Waals surface area contributed by atoms with Crippen LogP contribution in [-0.2, 0) is 14.3 Å². The molecule has 0 bridgehead atoms. The van der Waals surface area contributed by atoms with E-state index >= 15 is 0 Å². The minimum Gasteiger partial charge on any atom is -0.496 e. The van der Waals surface area contributed by atoms with Gasteiger partial charge in [-0.15, -0.1) is 0 Å². The Hall–Kier alpha value is -2.21. The smallest absolute Gasteiger partial charge is 0.334 e. The van der Waals surface area contributed by atoms with Crippen molar-refractivity contribution in [2.75, 3.05) is 20.8 Å². The van der Waals surface area contributed by atoms with Crippen molar-refractivity contribution >= 4 is 29.6 Å². The van der Waals surface area contributed by atoms with Crippen molar-refractivity contribution in [2.24, 2.45) is 0 Å². The lowest BCUT2D eigenvalue weighted by molar-refractivity contribution is -0.142. The molecule has 1 aromatic rings. The van der Waals surface area contributed by atoms with Crippen molar-refractivity contribution < 1.29 is 28.9 Å². The molecule has 0 amide bonds. The van der Waals surface area contributed by atoms with Gasteiger partial charge >= 0.3 is 11.9 Å². The van der Waals surface area contributed by atoms with Crippen LogP contribution in [0.5, 0.6) is 11.5 Å². The predicted octanol–water partition coefficient (Wildman–Crippen LogP) is 2.78. The standard InChI is InChI=1S/C15H17ClO6/c1-4-22-15(19)10(7-14(17)18)5-9-6-13(21-3)11(16)8-12(9)20-2/h5-6,8H,4,7H2,1-3H3,(H,17,18)/b10-5+. The fraction of sp³-hybridized carbons (Fsp3) is 0.333. The first-order chi connectivity index (χ1) is 10.4. The fourth-order valence-corrected chi connectivity index (χ4v) is 1.98. The number of carbonyl (C=O) groups is 2. The van der Waals surface area contributed by atoms with Crippen molar-refractivity contribution in [3.8, 4) is 11.5 Å². The number of carbonyl (C=O) groups excluding carboxylic acids is 1. The monoisotopic (exact) mass is 328 g/mol. The number of carboxylic acid groups (broad SMARTS) is 1. The van der Waals surface area contributed by atoms with Crippen LogP contribution in [0.15, 0.2) is 17.7 Å². The summed E-state index contributed by atoms with van der Waals surface area (Å²) in [5, 5.41) is 9.26. The molecule has 7 heteroatoms. The molecule has 0 atom stereocenters. The summed E-state index contributed by atoms with van der Waals surface area (Å²) in [5.74, 6) is -1.06.